The van der Waals surface area contributed by atoms with Crippen molar-refractivity contribution in [3.8, 4) is 0 Å². The first-order valence-corrected chi connectivity index (χ1v) is 5.89. The number of nitrogens with one attached hydrogen (secondary N) is 1. The molecule has 1 N–H and O–H groups in total. The van der Waals surface area contributed by atoms with Gasteiger partial charge in [0.2, 0.25) is 5.82 Å². The van der Waals surface area contributed by atoms with Crippen LogP contribution in [0.1, 0.15) is 39.2 Å². The fourth-order valence-electron chi connectivity index (χ4n) is 2.45. The Morgan fingerprint density at radius 2 is 2.12 bits per heavy atom. The topological polar surface area (TPSA) is 54.9 Å². The summed E-state index contributed by atoms with van der Waals surface area (Å²) < 4.78 is 14.3. The third-order valence-corrected chi connectivity index (χ3v) is 3.60. The summed E-state index contributed by atoms with van der Waals surface area (Å²) in [4.78, 5) is 25.5. The predicted octanol–water partition coefficient (Wildman–Crippen LogP) is 2.08. The van der Waals surface area contributed by atoms with E-state index in [0.29, 0.717) is 12.8 Å². The minimum Gasteiger partial charge on any atom is -0.295 e. The predicted molar refractivity (Wildman–Crippen MR) is 63.0 cm³/mol. The van der Waals surface area contributed by atoms with Gasteiger partial charge in [-0.15, -0.1) is 0 Å². The molecular formula is C11H14ClFN2O2. The van der Waals surface area contributed by atoms with Gasteiger partial charge in [-0.2, -0.15) is 4.39 Å². The van der Waals surface area contributed by atoms with E-state index in [4.69, 9.17) is 11.6 Å². The Bertz CT molecular complexity index is 562. The highest BCUT2D eigenvalue weighted by Crippen LogP contribution is 2.42. The molecule has 4 nitrogen and oxygen atoms in total. The van der Waals surface area contributed by atoms with Gasteiger partial charge in [-0.1, -0.05) is 25.4 Å². The van der Waals surface area contributed by atoms with E-state index in [0.717, 1.165) is 11.0 Å². The number of hydrogen-bond acceptors (Lipinski definition) is 2. The number of aromatic amines is 1. The lowest BCUT2D eigenvalue weighted by molar-refractivity contribution is 0.349. The number of halogens is 2. The number of H-pyrrole nitrogens is 1. The highest BCUT2D eigenvalue weighted by Gasteiger charge is 2.34. The summed E-state index contributed by atoms with van der Waals surface area (Å²) in [6, 6.07) is -0.243. The Kier molecular flexibility index (Phi) is 2.89. The van der Waals surface area contributed by atoms with Crippen molar-refractivity contribution in [2.45, 2.75) is 39.2 Å². The summed E-state index contributed by atoms with van der Waals surface area (Å²) in [5.74, 6) is -1.09. The molecule has 0 bridgehead atoms. The average Bonchev–Trinajstić information content (AvgIpc) is 2.55. The van der Waals surface area contributed by atoms with E-state index in [-0.39, 0.29) is 11.5 Å². The normalized spacial score (nSPS) is 22.9. The monoisotopic (exact) mass is 260 g/mol. The van der Waals surface area contributed by atoms with Gasteiger partial charge in [0.1, 0.15) is 0 Å². The fraction of sp³-hybridized carbons (Fsp3) is 0.636. The van der Waals surface area contributed by atoms with Gasteiger partial charge in [-0.3, -0.25) is 14.3 Å². The Hall–Kier alpha value is -1.10. The molecular weight excluding hydrogens is 247 g/mol. The molecule has 0 saturated heterocycles. The molecule has 6 heteroatoms. The van der Waals surface area contributed by atoms with Gasteiger partial charge in [0, 0.05) is 6.04 Å². The maximum Gasteiger partial charge on any atom is 0.329 e. The molecule has 0 spiro atoms. The van der Waals surface area contributed by atoms with Crippen LogP contribution in [-0.2, 0) is 0 Å². The summed E-state index contributed by atoms with van der Waals surface area (Å²) in [6.07, 6.45) is 2.31. The van der Waals surface area contributed by atoms with Crippen LogP contribution in [0.4, 0.5) is 4.39 Å². The Balaban J connectivity index is 2.51. The van der Waals surface area contributed by atoms with Crippen LogP contribution in [0.15, 0.2) is 9.59 Å². The first-order chi connectivity index (χ1) is 7.82. The molecule has 94 valence electrons. The maximum atomic E-state index is 13.4. The fourth-order valence-corrected chi connectivity index (χ4v) is 2.61. The zero-order valence-electron chi connectivity index (χ0n) is 9.72. The van der Waals surface area contributed by atoms with Gasteiger partial charge in [0.05, 0.1) is 0 Å². The minimum absolute atomic E-state index is 0.0761. The molecule has 0 amide bonds. The number of nitrogens with zero attached hydrogens (tertiary/aromatic N) is 1. The largest absolute Gasteiger partial charge is 0.329 e. The number of rotatable bonds is 1. The van der Waals surface area contributed by atoms with Crippen molar-refractivity contribution in [2.24, 2.45) is 5.41 Å². The third kappa shape index (κ3) is 2.16. The van der Waals surface area contributed by atoms with E-state index in [1.54, 1.807) is 0 Å². The molecule has 0 radical (unpaired) electrons. The number of hydrogen-bond donors (Lipinski definition) is 1. The Morgan fingerprint density at radius 1 is 1.47 bits per heavy atom. The quantitative estimate of drug-likeness (QED) is 0.786. The molecule has 1 atom stereocenters. The van der Waals surface area contributed by atoms with Gasteiger partial charge < -0.3 is 0 Å². The van der Waals surface area contributed by atoms with Crippen molar-refractivity contribution in [1.29, 1.82) is 0 Å². The highest BCUT2D eigenvalue weighted by molar-refractivity contribution is 6.29. The van der Waals surface area contributed by atoms with E-state index in [2.05, 4.69) is 18.8 Å². The van der Waals surface area contributed by atoms with Crippen LogP contribution in [-0.4, -0.2) is 9.55 Å². The summed E-state index contributed by atoms with van der Waals surface area (Å²) in [5, 5.41) is -0.520. The van der Waals surface area contributed by atoms with E-state index in [9.17, 15) is 14.0 Å². The molecule has 1 aliphatic carbocycles. The van der Waals surface area contributed by atoms with Gasteiger partial charge in [0.15, 0.2) is 5.15 Å². The van der Waals surface area contributed by atoms with E-state index in [1.807, 2.05) is 0 Å². The van der Waals surface area contributed by atoms with Gasteiger partial charge in [-0.25, -0.2) is 4.79 Å². The van der Waals surface area contributed by atoms with E-state index in [1.165, 1.54) is 0 Å². The highest BCUT2D eigenvalue weighted by atomic mass is 35.5. The smallest absolute Gasteiger partial charge is 0.295 e. The van der Waals surface area contributed by atoms with Crippen molar-refractivity contribution < 1.29 is 4.39 Å². The first kappa shape index (κ1) is 12.4. The minimum atomic E-state index is -1.09. The van der Waals surface area contributed by atoms with Gasteiger partial charge >= 0.3 is 5.69 Å². The molecule has 1 aromatic heterocycles. The van der Waals surface area contributed by atoms with Crippen molar-refractivity contribution >= 4 is 11.6 Å². The van der Waals surface area contributed by atoms with E-state index < -0.39 is 22.2 Å². The summed E-state index contributed by atoms with van der Waals surface area (Å²) in [6.45, 7) is 4.14. The van der Waals surface area contributed by atoms with Gasteiger partial charge in [0.25, 0.3) is 5.56 Å². The van der Waals surface area contributed by atoms with Crippen LogP contribution in [0.5, 0.6) is 0 Å². The Morgan fingerprint density at radius 3 is 2.65 bits per heavy atom. The van der Waals surface area contributed by atoms with Crippen LogP contribution >= 0.6 is 11.6 Å². The summed E-state index contributed by atoms with van der Waals surface area (Å²) >= 11 is 5.41. The summed E-state index contributed by atoms with van der Waals surface area (Å²) in [5.41, 5.74) is -1.49. The summed E-state index contributed by atoms with van der Waals surface area (Å²) in [7, 11) is 0. The molecule has 1 fully saturated rings. The van der Waals surface area contributed by atoms with Crippen molar-refractivity contribution in [3.05, 3.63) is 31.8 Å². The van der Waals surface area contributed by atoms with Crippen molar-refractivity contribution in [1.82, 2.24) is 9.55 Å². The molecule has 1 saturated carbocycles. The molecule has 1 unspecified atom stereocenters. The molecule has 1 aliphatic rings. The SMILES string of the molecule is CC1(C)CCC(n2c(=O)[nH]c(Cl)c(F)c2=O)C1. The second kappa shape index (κ2) is 3.98. The van der Waals surface area contributed by atoms with Gasteiger partial charge in [-0.05, 0) is 24.7 Å². The molecule has 17 heavy (non-hydrogen) atoms. The first-order valence-electron chi connectivity index (χ1n) is 5.52. The van der Waals surface area contributed by atoms with Crippen LogP contribution in [0.3, 0.4) is 0 Å². The van der Waals surface area contributed by atoms with Crippen molar-refractivity contribution in [3.63, 3.8) is 0 Å². The Labute approximate surface area is 102 Å². The molecule has 1 heterocycles. The van der Waals surface area contributed by atoms with Crippen LogP contribution in [0.25, 0.3) is 0 Å². The molecule has 0 aliphatic heterocycles. The molecule has 1 aromatic rings. The lowest BCUT2D eigenvalue weighted by Gasteiger charge is -2.17. The number of aromatic nitrogens is 2. The molecule has 2 rings (SSSR count). The van der Waals surface area contributed by atoms with Crippen LogP contribution in [0.2, 0.25) is 5.15 Å². The third-order valence-electron chi connectivity index (χ3n) is 3.34. The van der Waals surface area contributed by atoms with Crippen LogP contribution < -0.4 is 11.2 Å². The molecule has 0 aromatic carbocycles. The zero-order valence-corrected chi connectivity index (χ0v) is 10.5. The zero-order chi connectivity index (χ0) is 12.8. The maximum absolute atomic E-state index is 13.4. The van der Waals surface area contributed by atoms with E-state index >= 15 is 0 Å². The lowest BCUT2D eigenvalue weighted by atomic mass is 9.92. The second-order valence-electron chi connectivity index (χ2n) is 5.29. The average molecular weight is 261 g/mol. The second-order valence-corrected chi connectivity index (χ2v) is 5.67. The lowest BCUT2D eigenvalue weighted by Crippen LogP contribution is -2.39. The van der Waals surface area contributed by atoms with Crippen LogP contribution in [0, 0.1) is 11.2 Å². The van der Waals surface area contributed by atoms with Crippen molar-refractivity contribution in [2.75, 3.05) is 0 Å². The standard InChI is InChI=1S/C11H14ClFN2O2/c1-11(2)4-3-6(5-11)15-9(16)7(13)8(12)14-10(15)17/h6H,3-5H2,1-2H3,(H,14,17).